The predicted molar refractivity (Wildman–Crippen MR) is 65.2 cm³/mol. The average molecular weight is 227 g/mol. The van der Waals surface area contributed by atoms with Gasteiger partial charge in [0.05, 0.1) is 7.11 Å². The molecule has 1 N–H and O–H groups in total. The average Bonchev–Trinajstić information content (AvgIpc) is 2.28. The summed E-state index contributed by atoms with van der Waals surface area (Å²) in [6.45, 7) is 6.46. The smallest absolute Gasteiger partial charge is 0.322 e. The van der Waals surface area contributed by atoms with E-state index in [9.17, 15) is 4.79 Å². The van der Waals surface area contributed by atoms with Crippen molar-refractivity contribution in [2.24, 2.45) is 11.8 Å². The van der Waals surface area contributed by atoms with Crippen molar-refractivity contribution >= 4 is 5.97 Å². The fourth-order valence-electron chi connectivity index (χ4n) is 2.58. The van der Waals surface area contributed by atoms with Crippen molar-refractivity contribution in [2.75, 3.05) is 7.11 Å². The molecule has 0 aromatic carbocycles. The molecule has 1 fully saturated rings. The maximum absolute atomic E-state index is 11.3. The number of rotatable bonds is 4. The van der Waals surface area contributed by atoms with E-state index in [-0.39, 0.29) is 12.0 Å². The van der Waals surface area contributed by atoms with Gasteiger partial charge < -0.3 is 10.1 Å². The van der Waals surface area contributed by atoms with E-state index in [1.54, 1.807) is 0 Å². The summed E-state index contributed by atoms with van der Waals surface area (Å²) in [5.41, 5.74) is 0. The molecule has 0 saturated heterocycles. The Morgan fingerprint density at radius 2 is 2.00 bits per heavy atom. The molecule has 3 atom stereocenters. The number of ether oxygens (including phenoxy) is 1. The predicted octanol–water partition coefficient (Wildman–Crippen LogP) is 2.35. The number of methoxy groups -OCH3 is 1. The Balaban J connectivity index is 2.39. The maximum Gasteiger partial charge on any atom is 0.322 e. The minimum absolute atomic E-state index is 0.160. The number of hydrogen-bond donors (Lipinski definition) is 1. The number of hydrogen-bond acceptors (Lipinski definition) is 3. The molecule has 0 spiro atoms. The van der Waals surface area contributed by atoms with E-state index in [4.69, 9.17) is 4.74 Å². The Bertz CT molecular complexity index is 228. The van der Waals surface area contributed by atoms with E-state index in [0.29, 0.717) is 6.04 Å². The van der Waals surface area contributed by atoms with E-state index in [1.165, 1.54) is 32.8 Å². The van der Waals surface area contributed by atoms with E-state index in [0.717, 1.165) is 11.8 Å². The van der Waals surface area contributed by atoms with Crippen LogP contribution in [0.5, 0.6) is 0 Å². The van der Waals surface area contributed by atoms with E-state index in [1.807, 2.05) is 6.92 Å². The summed E-state index contributed by atoms with van der Waals surface area (Å²) in [5, 5.41) is 3.38. The second-order valence-electron chi connectivity index (χ2n) is 5.28. The normalized spacial score (nSPS) is 27.8. The number of carbonyl (C=O) groups excluding carboxylic acids is 1. The van der Waals surface area contributed by atoms with Gasteiger partial charge in [-0.2, -0.15) is 0 Å². The highest BCUT2D eigenvalue weighted by atomic mass is 16.5. The first-order valence-corrected chi connectivity index (χ1v) is 6.38. The maximum atomic E-state index is 11.3. The molecular formula is C13H25NO2. The van der Waals surface area contributed by atoms with Crippen LogP contribution >= 0.6 is 0 Å². The summed E-state index contributed by atoms with van der Waals surface area (Å²) in [6, 6.07) is 0.302. The molecule has 1 aliphatic carbocycles. The molecule has 94 valence electrons. The van der Waals surface area contributed by atoms with Crippen LogP contribution in [0.15, 0.2) is 0 Å². The number of nitrogens with one attached hydrogen (secondary N) is 1. The number of esters is 1. The van der Waals surface area contributed by atoms with Gasteiger partial charge in [0.15, 0.2) is 0 Å². The third-order valence-corrected chi connectivity index (χ3v) is 3.70. The van der Waals surface area contributed by atoms with Crippen molar-refractivity contribution in [2.45, 2.75) is 58.5 Å². The summed E-state index contributed by atoms with van der Waals surface area (Å²) in [5.74, 6) is 1.39. The highest BCUT2D eigenvalue weighted by Gasteiger charge is 2.26. The first kappa shape index (κ1) is 13.5. The zero-order valence-electron chi connectivity index (χ0n) is 11.0. The molecule has 0 heterocycles. The minimum atomic E-state index is -0.180. The van der Waals surface area contributed by atoms with Gasteiger partial charge in [-0.1, -0.05) is 26.7 Å². The van der Waals surface area contributed by atoms with Crippen molar-refractivity contribution in [1.29, 1.82) is 0 Å². The van der Waals surface area contributed by atoms with Gasteiger partial charge in [0.1, 0.15) is 6.04 Å². The number of carbonyl (C=O) groups is 1. The molecule has 1 aliphatic rings. The lowest BCUT2D eigenvalue weighted by Gasteiger charge is -2.33. The fraction of sp³-hybridized carbons (Fsp3) is 0.923. The molecular weight excluding hydrogens is 202 g/mol. The highest BCUT2D eigenvalue weighted by molar-refractivity contribution is 5.75. The molecule has 0 aromatic heterocycles. The van der Waals surface area contributed by atoms with Crippen LogP contribution in [0.1, 0.15) is 46.5 Å². The van der Waals surface area contributed by atoms with Crippen molar-refractivity contribution in [3.63, 3.8) is 0 Å². The molecule has 3 heteroatoms. The Hall–Kier alpha value is -0.570. The van der Waals surface area contributed by atoms with Crippen LogP contribution in [0, 0.1) is 11.8 Å². The Morgan fingerprint density at radius 1 is 1.31 bits per heavy atom. The van der Waals surface area contributed by atoms with Crippen LogP contribution in [0.2, 0.25) is 0 Å². The lowest BCUT2D eigenvalue weighted by molar-refractivity contribution is -0.142. The van der Waals surface area contributed by atoms with Crippen molar-refractivity contribution < 1.29 is 9.53 Å². The second kappa shape index (κ2) is 6.24. The van der Waals surface area contributed by atoms with Gasteiger partial charge in [0.2, 0.25) is 0 Å². The van der Waals surface area contributed by atoms with Gasteiger partial charge in [0.25, 0.3) is 0 Å². The second-order valence-corrected chi connectivity index (χ2v) is 5.28. The van der Waals surface area contributed by atoms with E-state index in [2.05, 4.69) is 19.2 Å². The van der Waals surface area contributed by atoms with E-state index < -0.39 is 0 Å². The zero-order valence-corrected chi connectivity index (χ0v) is 11.0. The Labute approximate surface area is 98.9 Å². The summed E-state index contributed by atoms with van der Waals surface area (Å²) in [7, 11) is 1.44. The third-order valence-electron chi connectivity index (χ3n) is 3.70. The third kappa shape index (κ3) is 3.78. The molecule has 1 rings (SSSR count). The van der Waals surface area contributed by atoms with Gasteiger partial charge in [0, 0.05) is 6.04 Å². The molecule has 0 aliphatic heterocycles. The van der Waals surface area contributed by atoms with Gasteiger partial charge in [-0.25, -0.2) is 0 Å². The molecule has 3 nitrogen and oxygen atoms in total. The molecule has 0 aromatic rings. The van der Waals surface area contributed by atoms with Crippen molar-refractivity contribution in [3.05, 3.63) is 0 Å². The molecule has 0 amide bonds. The van der Waals surface area contributed by atoms with Crippen LogP contribution in [-0.4, -0.2) is 25.2 Å². The first-order chi connectivity index (χ1) is 7.54. The lowest BCUT2D eigenvalue weighted by atomic mass is 9.79. The molecule has 1 saturated carbocycles. The monoisotopic (exact) mass is 227 g/mol. The summed E-state index contributed by atoms with van der Waals surface area (Å²) >= 11 is 0. The molecule has 0 radical (unpaired) electrons. The lowest BCUT2D eigenvalue weighted by Crippen LogP contribution is -2.44. The van der Waals surface area contributed by atoms with Crippen LogP contribution < -0.4 is 5.32 Å². The molecule has 0 bridgehead atoms. The first-order valence-electron chi connectivity index (χ1n) is 6.38. The highest BCUT2D eigenvalue weighted by Crippen LogP contribution is 2.30. The van der Waals surface area contributed by atoms with Crippen LogP contribution in [0.3, 0.4) is 0 Å². The standard InChI is InChI=1S/C13H25NO2/c1-9(2)11-6-5-7-12(8-11)14-10(3)13(15)16-4/h9-12,14H,5-8H2,1-4H3/t10-,11?,12?/m0/s1. The summed E-state index contributed by atoms with van der Waals surface area (Å²) in [6.07, 6.45) is 4.99. The van der Waals surface area contributed by atoms with Gasteiger partial charge in [-0.3, -0.25) is 4.79 Å². The van der Waals surface area contributed by atoms with Crippen LogP contribution in [-0.2, 0) is 9.53 Å². The fourth-order valence-corrected chi connectivity index (χ4v) is 2.58. The van der Waals surface area contributed by atoms with E-state index >= 15 is 0 Å². The van der Waals surface area contributed by atoms with Crippen molar-refractivity contribution in [1.82, 2.24) is 5.32 Å². The van der Waals surface area contributed by atoms with Gasteiger partial charge in [-0.15, -0.1) is 0 Å². The quantitative estimate of drug-likeness (QED) is 0.749. The largest absolute Gasteiger partial charge is 0.468 e. The van der Waals surface area contributed by atoms with Crippen LogP contribution in [0.4, 0.5) is 0 Å². The van der Waals surface area contributed by atoms with Gasteiger partial charge in [-0.05, 0) is 31.6 Å². The SMILES string of the molecule is COC(=O)[C@H](C)NC1CCCC(C(C)C)C1. The summed E-state index contributed by atoms with van der Waals surface area (Å²) < 4.78 is 4.73. The van der Waals surface area contributed by atoms with Crippen molar-refractivity contribution in [3.8, 4) is 0 Å². The topological polar surface area (TPSA) is 38.3 Å². The minimum Gasteiger partial charge on any atom is -0.468 e. The molecule has 2 unspecified atom stereocenters. The Morgan fingerprint density at radius 3 is 2.56 bits per heavy atom. The zero-order chi connectivity index (χ0) is 12.1. The van der Waals surface area contributed by atoms with Crippen LogP contribution in [0.25, 0.3) is 0 Å². The summed E-state index contributed by atoms with van der Waals surface area (Å²) in [4.78, 5) is 11.3. The Kier molecular flexibility index (Phi) is 5.26. The molecule has 16 heavy (non-hydrogen) atoms. The van der Waals surface area contributed by atoms with Gasteiger partial charge >= 0.3 is 5.97 Å².